The molecule has 0 aromatic carbocycles. The first-order valence-corrected chi connectivity index (χ1v) is 7.49. The lowest BCUT2D eigenvalue weighted by molar-refractivity contribution is -0.115. The van der Waals surface area contributed by atoms with Crippen LogP contribution in [0.2, 0.25) is 0 Å². The standard InChI is InChI=1S/C15H26N4O2/c1-10-8-13(19(18-10)15(3,4)5)17-14(20)9-16-12-6-7-21-11(12)2/h8,11-12,16H,6-7,9H2,1-5H3,(H,17,20)/t11-,12-/m1/s1. The van der Waals surface area contributed by atoms with E-state index in [1.807, 2.05) is 24.6 Å². The number of nitrogens with one attached hydrogen (secondary N) is 2. The van der Waals surface area contributed by atoms with Crippen LogP contribution in [0.3, 0.4) is 0 Å². The first kappa shape index (κ1) is 16.0. The van der Waals surface area contributed by atoms with E-state index in [0.29, 0.717) is 0 Å². The molecule has 2 heterocycles. The molecule has 1 fully saturated rings. The number of aryl methyl sites for hydroxylation is 1. The molecule has 2 atom stereocenters. The molecule has 6 heteroatoms. The number of ether oxygens (including phenoxy) is 1. The van der Waals surface area contributed by atoms with Crippen molar-refractivity contribution in [1.29, 1.82) is 0 Å². The number of hydrogen-bond acceptors (Lipinski definition) is 4. The third-order valence-corrected chi connectivity index (χ3v) is 3.64. The molecule has 0 radical (unpaired) electrons. The Hall–Kier alpha value is -1.40. The van der Waals surface area contributed by atoms with Crippen LogP contribution >= 0.6 is 0 Å². The van der Waals surface area contributed by atoms with Gasteiger partial charge in [-0.15, -0.1) is 0 Å². The molecule has 1 aliphatic heterocycles. The molecular weight excluding hydrogens is 268 g/mol. The number of anilines is 1. The van der Waals surface area contributed by atoms with Gasteiger partial charge in [0.25, 0.3) is 0 Å². The lowest BCUT2D eigenvalue weighted by Gasteiger charge is -2.22. The molecule has 0 bridgehead atoms. The van der Waals surface area contributed by atoms with Crippen LogP contribution in [-0.2, 0) is 15.1 Å². The SMILES string of the molecule is Cc1cc(NC(=O)CN[C@@H]2CCO[C@@H]2C)n(C(C)(C)C)n1. The van der Waals surface area contributed by atoms with Crippen LogP contribution in [0.15, 0.2) is 6.07 Å². The Bertz CT molecular complexity index is 504. The van der Waals surface area contributed by atoms with Crippen LogP contribution in [0.1, 0.15) is 39.8 Å². The van der Waals surface area contributed by atoms with E-state index in [9.17, 15) is 4.79 Å². The van der Waals surface area contributed by atoms with E-state index in [4.69, 9.17) is 4.74 Å². The number of rotatable bonds is 4. The second kappa shape index (κ2) is 6.15. The maximum absolute atomic E-state index is 12.1. The normalized spacial score (nSPS) is 22.5. The van der Waals surface area contributed by atoms with Gasteiger partial charge in [-0.2, -0.15) is 5.10 Å². The average molecular weight is 294 g/mol. The topological polar surface area (TPSA) is 68.2 Å². The maximum Gasteiger partial charge on any atom is 0.239 e. The Labute approximate surface area is 126 Å². The van der Waals surface area contributed by atoms with E-state index in [1.165, 1.54) is 0 Å². The predicted octanol–water partition coefficient (Wildman–Crippen LogP) is 1.65. The molecule has 1 aromatic heterocycles. The molecule has 2 N–H and O–H groups in total. The molecule has 2 rings (SSSR count). The fourth-order valence-corrected chi connectivity index (χ4v) is 2.51. The highest BCUT2D eigenvalue weighted by Crippen LogP contribution is 2.21. The van der Waals surface area contributed by atoms with Gasteiger partial charge in [-0.1, -0.05) is 0 Å². The van der Waals surface area contributed by atoms with Crippen LogP contribution in [0, 0.1) is 6.92 Å². The molecule has 6 nitrogen and oxygen atoms in total. The second-order valence-electron chi connectivity index (χ2n) is 6.65. The Kier molecular flexibility index (Phi) is 4.68. The van der Waals surface area contributed by atoms with E-state index in [0.717, 1.165) is 24.5 Å². The summed E-state index contributed by atoms with van der Waals surface area (Å²) in [4.78, 5) is 12.1. The highest BCUT2D eigenvalue weighted by Gasteiger charge is 2.25. The van der Waals surface area contributed by atoms with Crippen LogP contribution in [0.25, 0.3) is 0 Å². The van der Waals surface area contributed by atoms with Crippen LogP contribution in [0.4, 0.5) is 5.82 Å². The first-order chi connectivity index (χ1) is 9.77. The van der Waals surface area contributed by atoms with Crippen molar-refractivity contribution >= 4 is 11.7 Å². The minimum absolute atomic E-state index is 0.0560. The Morgan fingerprint density at radius 2 is 2.24 bits per heavy atom. The van der Waals surface area contributed by atoms with Crippen molar-refractivity contribution in [2.24, 2.45) is 0 Å². The minimum Gasteiger partial charge on any atom is -0.377 e. The third kappa shape index (κ3) is 4.04. The minimum atomic E-state index is -0.169. The molecule has 118 valence electrons. The zero-order valence-electron chi connectivity index (χ0n) is 13.6. The predicted molar refractivity (Wildman–Crippen MR) is 82.4 cm³/mol. The Morgan fingerprint density at radius 1 is 1.52 bits per heavy atom. The van der Waals surface area contributed by atoms with Gasteiger partial charge in [0.05, 0.1) is 23.9 Å². The lowest BCUT2D eigenvalue weighted by Crippen LogP contribution is -2.40. The zero-order valence-corrected chi connectivity index (χ0v) is 13.6. The highest BCUT2D eigenvalue weighted by atomic mass is 16.5. The van der Waals surface area contributed by atoms with Gasteiger partial charge in [-0.05, 0) is 41.0 Å². The molecule has 1 aliphatic rings. The van der Waals surface area contributed by atoms with E-state index in [-0.39, 0.29) is 30.1 Å². The summed E-state index contributed by atoms with van der Waals surface area (Å²) < 4.78 is 7.32. The Morgan fingerprint density at radius 3 is 2.81 bits per heavy atom. The number of hydrogen-bond donors (Lipinski definition) is 2. The quantitative estimate of drug-likeness (QED) is 0.886. The molecule has 0 saturated carbocycles. The summed E-state index contributed by atoms with van der Waals surface area (Å²) in [5.41, 5.74) is 0.726. The smallest absolute Gasteiger partial charge is 0.239 e. The van der Waals surface area contributed by atoms with E-state index < -0.39 is 0 Å². The summed E-state index contributed by atoms with van der Waals surface area (Å²) in [5, 5.41) is 10.6. The first-order valence-electron chi connectivity index (χ1n) is 7.49. The number of aromatic nitrogens is 2. The number of nitrogens with zero attached hydrogens (tertiary/aromatic N) is 2. The average Bonchev–Trinajstić information content (AvgIpc) is 2.92. The fraction of sp³-hybridized carbons (Fsp3) is 0.733. The van der Waals surface area contributed by atoms with Crippen LogP contribution in [-0.4, -0.2) is 41.0 Å². The van der Waals surface area contributed by atoms with Crippen molar-refractivity contribution in [3.8, 4) is 0 Å². The van der Waals surface area contributed by atoms with Gasteiger partial charge in [0.2, 0.25) is 5.91 Å². The van der Waals surface area contributed by atoms with Gasteiger partial charge in [0.15, 0.2) is 0 Å². The lowest BCUT2D eigenvalue weighted by atomic mass is 10.1. The molecular formula is C15H26N4O2. The van der Waals surface area contributed by atoms with Gasteiger partial charge < -0.3 is 15.4 Å². The molecule has 0 spiro atoms. The summed E-state index contributed by atoms with van der Waals surface area (Å²) >= 11 is 0. The summed E-state index contributed by atoms with van der Waals surface area (Å²) in [6, 6.07) is 2.15. The molecule has 21 heavy (non-hydrogen) atoms. The third-order valence-electron chi connectivity index (χ3n) is 3.64. The summed E-state index contributed by atoms with van der Waals surface area (Å²) in [7, 11) is 0. The number of carbonyl (C=O) groups excluding carboxylic acids is 1. The van der Waals surface area contributed by atoms with Gasteiger partial charge in [-0.3, -0.25) is 4.79 Å². The summed E-state index contributed by atoms with van der Waals surface area (Å²) in [5.74, 6) is 0.682. The van der Waals surface area contributed by atoms with Crippen LogP contribution < -0.4 is 10.6 Å². The van der Waals surface area contributed by atoms with Crippen molar-refractivity contribution in [1.82, 2.24) is 15.1 Å². The highest BCUT2D eigenvalue weighted by molar-refractivity contribution is 5.91. The van der Waals surface area contributed by atoms with Gasteiger partial charge in [-0.25, -0.2) is 4.68 Å². The van der Waals surface area contributed by atoms with Gasteiger partial charge in [0.1, 0.15) is 5.82 Å². The van der Waals surface area contributed by atoms with Crippen molar-refractivity contribution in [2.45, 2.75) is 58.7 Å². The maximum atomic E-state index is 12.1. The Balaban J connectivity index is 1.94. The molecule has 1 saturated heterocycles. The van der Waals surface area contributed by atoms with Gasteiger partial charge >= 0.3 is 0 Å². The molecule has 1 aromatic rings. The van der Waals surface area contributed by atoms with Crippen molar-refractivity contribution in [3.63, 3.8) is 0 Å². The van der Waals surface area contributed by atoms with Crippen molar-refractivity contribution in [3.05, 3.63) is 11.8 Å². The second-order valence-corrected chi connectivity index (χ2v) is 6.65. The summed E-state index contributed by atoms with van der Waals surface area (Å²) in [6.07, 6.45) is 1.12. The van der Waals surface area contributed by atoms with E-state index >= 15 is 0 Å². The van der Waals surface area contributed by atoms with E-state index in [2.05, 4.69) is 36.5 Å². The number of amides is 1. The molecule has 0 aliphatic carbocycles. The van der Waals surface area contributed by atoms with Gasteiger partial charge in [0, 0.05) is 18.7 Å². The van der Waals surface area contributed by atoms with Crippen molar-refractivity contribution in [2.75, 3.05) is 18.5 Å². The fourth-order valence-electron chi connectivity index (χ4n) is 2.51. The zero-order chi connectivity index (χ0) is 15.6. The van der Waals surface area contributed by atoms with Crippen LogP contribution in [0.5, 0.6) is 0 Å². The summed E-state index contributed by atoms with van der Waals surface area (Å²) in [6.45, 7) is 11.2. The largest absolute Gasteiger partial charge is 0.377 e. The number of carbonyl (C=O) groups is 1. The van der Waals surface area contributed by atoms with Crippen molar-refractivity contribution < 1.29 is 9.53 Å². The van der Waals surface area contributed by atoms with E-state index in [1.54, 1.807) is 0 Å². The monoisotopic (exact) mass is 294 g/mol. The molecule has 0 unspecified atom stereocenters. The molecule has 1 amide bonds.